The number of carbonyl (C=O) groups excluding carboxylic acids is 1. The van der Waals surface area contributed by atoms with Gasteiger partial charge >= 0.3 is 0 Å². The normalized spacial score (nSPS) is 18.0. The summed E-state index contributed by atoms with van der Waals surface area (Å²) in [7, 11) is 0. The smallest absolute Gasteiger partial charge is 0.288 e. The minimum absolute atomic E-state index is 0.00818. The highest BCUT2D eigenvalue weighted by Crippen LogP contribution is 2.26. The van der Waals surface area contributed by atoms with E-state index in [2.05, 4.69) is 5.32 Å². The highest BCUT2D eigenvalue weighted by Gasteiger charge is 2.25. The van der Waals surface area contributed by atoms with E-state index >= 15 is 0 Å². The van der Waals surface area contributed by atoms with Crippen molar-refractivity contribution in [1.82, 2.24) is 0 Å². The number of anilines is 1. The van der Waals surface area contributed by atoms with Crippen molar-refractivity contribution in [2.75, 3.05) is 18.4 Å². The maximum Gasteiger partial charge on any atom is 0.288 e. The van der Waals surface area contributed by atoms with Crippen LogP contribution in [-0.2, 0) is 4.79 Å². The molecule has 1 aliphatic heterocycles. The van der Waals surface area contributed by atoms with Crippen LogP contribution in [0.5, 0.6) is 0 Å². The van der Waals surface area contributed by atoms with Crippen molar-refractivity contribution in [3.8, 4) is 0 Å². The second kappa shape index (κ2) is 8.48. The third-order valence-corrected chi connectivity index (χ3v) is 4.82. The lowest BCUT2D eigenvalue weighted by molar-refractivity contribution is -0.913. The molecule has 3 nitrogen and oxygen atoms in total. The molecule has 0 bridgehead atoms. The lowest BCUT2D eigenvalue weighted by atomic mass is 10.2. The van der Waals surface area contributed by atoms with Crippen molar-refractivity contribution >= 4 is 23.4 Å². The molecule has 1 atom stereocenters. The summed E-state index contributed by atoms with van der Waals surface area (Å²) in [6.45, 7) is 4.04. The molecule has 0 radical (unpaired) electrons. The number of alkyl halides is 2. The van der Waals surface area contributed by atoms with Gasteiger partial charge in [-0.2, -0.15) is 8.78 Å². The topological polar surface area (TPSA) is 33.5 Å². The molecular formula is C16H23F2N2OS+. The number of amides is 1. The summed E-state index contributed by atoms with van der Waals surface area (Å²) in [5.74, 6) is -2.43. The van der Waals surface area contributed by atoms with Gasteiger partial charge in [0.25, 0.3) is 11.7 Å². The fourth-order valence-corrected chi connectivity index (χ4v) is 3.27. The van der Waals surface area contributed by atoms with E-state index < -0.39 is 5.76 Å². The summed E-state index contributed by atoms with van der Waals surface area (Å²) in [5, 5.41) is 2.88. The van der Waals surface area contributed by atoms with Gasteiger partial charge in [0.05, 0.1) is 13.1 Å². The van der Waals surface area contributed by atoms with Crippen LogP contribution in [0.2, 0.25) is 0 Å². The highest BCUT2D eigenvalue weighted by atomic mass is 32.2. The number of quaternary nitrogens is 1. The fourth-order valence-electron chi connectivity index (χ4n) is 2.77. The molecule has 0 aliphatic carbocycles. The summed E-state index contributed by atoms with van der Waals surface area (Å²) in [4.78, 5) is 14.2. The zero-order chi connectivity index (χ0) is 15.9. The third-order valence-electron chi connectivity index (χ3n) is 4.10. The van der Waals surface area contributed by atoms with Crippen LogP contribution in [0, 0.1) is 0 Å². The van der Waals surface area contributed by atoms with Crippen LogP contribution < -0.4 is 10.2 Å². The van der Waals surface area contributed by atoms with Gasteiger partial charge in [-0.05, 0) is 56.9 Å². The van der Waals surface area contributed by atoms with Crippen molar-refractivity contribution in [3.05, 3.63) is 24.3 Å². The van der Waals surface area contributed by atoms with E-state index in [0.717, 1.165) is 13.1 Å². The Balaban J connectivity index is 1.90. The van der Waals surface area contributed by atoms with E-state index in [4.69, 9.17) is 0 Å². The molecule has 0 saturated carbocycles. The molecule has 1 amide bonds. The number of hydrogen-bond acceptors (Lipinski definition) is 2. The summed E-state index contributed by atoms with van der Waals surface area (Å²) < 4.78 is 24.5. The molecule has 0 unspecified atom stereocenters. The van der Waals surface area contributed by atoms with E-state index in [1.54, 1.807) is 24.3 Å². The molecule has 1 aromatic carbocycles. The average molecular weight is 329 g/mol. The fraction of sp³-hybridized carbons (Fsp3) is 0.562. The van der Waals surface area contributed by atoms with Crippen LogP contribution in [0.15, 0.2) is 29.2 Å². The second-order valence-corrected chi connectivity index (χ2v) is 6.75. The van der Waals surface area contributed by atoms with Gasteiger partial charge in [0.2, 0.25) is 0 Å². The minimum atomic E-state index is -2.42. The van der Waals surface area contributed by atoms with Crippen LogP contribution in [0.4, 0.5) is 14.5 Å². The number of likely N-dealkylation sites (tertiary alicyclic amines) is 1. The Morgan fingerprint density at radius 1 is 1.14 bits per heavy atom. The number of carbonyl (C=O) groups is 1. The van der Waals surface area contributed by atoms with Crippen LogP contribution in [0.25, 0.3) is 0 Å². The van der Waals surface area contributed by atoms with Gasteiger partial charge in [-0.15, -0.1) is 0 Å². The van der Waals surface area contributed by atoms with Crippen LogP contribution in [-0.4, -0.2) is 30.8 Å². The molecule has 1 heterocycles. The zero-order valence-corrected chi connectivity index (χ0v) is 13.6. The number of rotatable bonds is 5. The Morgan fingerprint density at radius 2 is 1.73 bits per heavy atom. The lowest BCUT2D eigenvalue weighted by Crippen LogP contribution is -3.16. The summed E-state index contributed by atoms with van der Waals surface area (Å²) in [6, 6.07) is 6.47. The molecule has 1 saturated heterocycles. The number of halogens is 2. The molecule has 6 heteroatoms. The van der Waals surface area contributed by atoms with E-state index in [-0.39, 0.29) is 11.9 Å². The maximum absolute atomic E-state index is 12.3. The zero-order valence-electron chi connectivity index (χ0n) is 12.8. The van der Waals surface area contributed by atoms with Crippen molar-refractivity contribution in [1.29, 1.82) is 0 Å². The van der Waals surface area contributed by atoms with Gasteiger partial charge in [-0.25, -0.2) is 0 Å². The number of benzene rings is 1. The van der Waals surface area contributed by atoms with Gasteiger partial charge in [-0.1, -0.05) is 11.8 Å². The molecule has 0 aromatic heterocycles. The molecule has 2 rings (SSSR count). The predicted octanol–water partition coefficient (Wildman–Crippen LogP) is 2.79. The first-order valence-corrected chi connectivity index (χ1v) is 8.64. The Kier molecular flexibility index (Phi) is 6.64. The standard InChI is InChI=1S/C16H22F2N2OS/c1-12(20-10-4-2-3-5-11-20)15(21)19-13-6-8-14(9-7-13)22-16(17)18/h6-9,12,16H,2-5,10-11H2,1H3,(H,19,21)/p+1/t12-/m0/s1. The first-order chi connectivity index (χ1) is 10.6. The molecule has 0 spiro atoms. The van der Waals surface area contributed by atoms with Gasteiger partial charge in [0, 0.05) is 10.6 Å². The van der Waals surface area contributed by atoms with E-state index in [1.165, 1.54) is 30.6 Å². The Bertz CT molecular complexity index is 474. The maximum atomic E-state index is 12.3. The minimum Gasteiger partial charge on any atom is -0.325 e. The predicted molar refractivity (Wildman–Crippen MR) is 85.6 cm³/mol. The van der Waals surface area contributed by atoms with Crippen LogP contribution in [0.3, 0.4) is 0 Å². The Labute approximate surface area is 134 Å². The number of hydrogen-bond donors (Lipinski definition) is 2. The van der Waals surface area contributed by atoms with Crippen molar-refractivity contribution in [2.24, 2.45) is 0 Å². The molecule has 1 aromatic rings. The van der Waals surface area contributed by atoms with Gasteiger partial charge in [0.15, 0.2) is 6.04 Å². The summed E-state index contributed by atoms with van der Waals surface area (Å²) >= 11 is 0.507. The van der Waals surface area contributed by atoms with E-state index in [9.17, 15) is 13.6 Å². The quantitative estimate of drug-likeness (QED) is 0.815. The van der Waals surface area contributed by atoms with E-state index in [1.807, 2.05) is 6.92 Å². The average Bonchev–Trinajstić information content (AvgIpc) is 2.77. The largest absolute Gasteiger partial charge is 0.325 e. The van der Waals surface area contributed by atoms with Gasteiger partial charge in [-0.3, -0.25) is 4.79 Å². The molecule has 122 valence electrons. The van der Waals surface area contributed by atoms with Crippen LogP contribution in [0.1, 0.15) is 32.6 Å². The summed E-state index contributed by atoms with van der Waals surface area (Å²) in [5.41, 5.74) is 0.657. The first-order valence-electron chi connectivity index (χ1n) is 7.76. The molecule has 1 fully saturated rings. The van der Waals surface area contributed by atoms with Gasteiger partial charge in [0.1, 0.15) is 0 Å². The third kappa shape index (κ3) is 5.25. The molecule has 1 aliphatic rings. The lowest BCUT2D eigenvalue weighted by Gasteiger charge is -2.23. The Morgan fingerprint density at radius 3 is 2.27 bits per heavy atom. The SMILES string of the molecule is C[C@@H](C(=O)Nc1ccc(SC(F)F)cc1)[NH+]1CCCCCC1. The second-order valence-electron chi connectivity index (χ2n) is 5.69. The van der Waals surface area contributed by atoms with Crippen molar-refractivity contribution in [2.45, 2.75) is 49.3 Å². The number of nitrogens with one attached hydrogen (secondary N) is 2. The van der Waals surface area contributed by atoms with Crippen molar-refractivity contribution < 1.29 is 18.5 Å². The summed E-state index contributed by atoms with van der Waals surface area (Å²) in [6.07, 6.45) is 4.85. The monoisotopic (exact) mass is 329 g/mol. The van der Waals surface area contributed by atoms with Crippen molar-refractivity contribution in [3.63, 3.8) is 0 Å². The van der Waals surface area contributed by atoms with Crippen LogP contribution >= 0.6 is 11.8 Å². The Hall–Kier alpha value is -1.14. The highest BCUT2D eigenvalue weighted by molar-refractivity contribution is 7.99. The number of thioether (sulfide) groups is 1. The molecule has 2 N–H and O–H groups in total. The van der Waals surface area contributed by atoms with E-state index in [0.29, 0.717) is 22.3 Å². The molecular weight excluding hydrogens is 306 g/mol. The molecule has 22 heavy (non-hydrogen) atoms. The van der Waals surface area contributed by atoms with Gasteiger partial charge < -0.3 is 10.2 Å². The first kappa shape index (κ1) is 17.2.